The Morgan fingerprint density at radius 3 is 2.32 bits per heavy atom. The summed E-state index contributed by atoms with van der Waals surface area (Å²) in [6, 6.07) is 0. The number of carbonyl (C=O) groups is 2. The van der Waals surface area contributed by atoms with E-state index in [1.165, 1.54) is 12.8 Å². The van der Waals surface area contributed by atoms with Gasteiger partial charge in [-0.2, -0.15) is 0 Å². The maximum atomic E-state index is 13.1. The fourth-order valence-electron chi connectivity index (χ4n) is 10.7. The van der Waals surface area contributed by atoms with Crippen molar-refractivity contribution in [2.24, 2.45) is 50.2 Å². The summed E-state index contributed by atoms with van der Waals surface area (Å²) in [4.78, 5) is 25.4. The van der Waals surface area contributed by atoms with Gasteiger partial charge in [0.05, 0.1) is 11.5 Å². The summed E-state index contributed by atoms with van der Waals surface area (Å²) in [5, 5.41) is 10.1. The van der Waals surface area contributed by atoms with Crippen molar-refractivity contribution in [2.75, 3.05) is 0 Å². The van der Waals surface area contributed by atoms with Crippen LogP contribution in [-0.2, 0) is 14.3 Å². The third-order valence-corrected chi connectivity index (χ3v) is 13.4. The van der Waals surface area contributed by atoms with Crippen LogP contribution in [0.4, 0.5) is 0 Å². The highest BCUT2D eigenvalue weighted by atomic mass is 16.6. The van der Waals surface area contributed by atoms with Crippen LogP contribution in [0.3, 0.4) is 0 Å². The Morgan fingerprint density at radius 2 is 1.65 bits per heavy atom. The van der Waals surface area contributed by atoms with Crippen LogP contribution < -0.4 is 0 Å². The van der Waals surface area contributed by atoms with Crippen molar-refractivity contribution < 1.29 is 19.4 Å². The van der Waals surface area contributed by atoms with Gasteiger partial charge in [0, 0.05) is 10.8 Å². The standard InChI is InChI=1S/C30H44O4/c1-25(2)19-10-11-29(6)20(30(19,7)23-21(34-23)22(25)31)9-8-17-18-16-27(4,24(32)33)13-12-26(18,3)14-15-28(17,29)5/h8,18-21,23H,9-16H2,1-7H3,(H,32,33)/t18?,19?,20?,21-,23-,26+,27-,28+,29+,30-/m0/s1. The first-order valence-corrected chi connectivity index (χ1v) is 13.8. The van der Waals surface area contributed by atoms with Crippen molar-refractivity contribution in [1.29, 1.82) is 0 Å². The number of Topliss-reactive ketones (excluding diaryl/α,β-unsaturated/α-hetero) is 1. The second-order valence-corrected chi connectivity index (χ2v) is 15.0. The van der Waals surface area contributed by atoms with E-state index >= 15 is 0 Å². The normalized spacial score (nSPS) is 57.2. The molecule has 1 N–H and O–H groups in total. The average molecular weight is 469 g/mol. The molecule has 1 aliphatic heterocycles. The van der Waals surface area contributed by atoms with Crippen molar-refractivity contribution in [2.45, 2.75) is 112 Å². The Morgan fingerprint density at radius 1 is 0.971 bits per heavy atom. The number of allylic oxidation sites excluding steroid dienone is 2. The lowest BCUT2D eigenvalue weighted by Crippen LogP contribution is -2.66. The molecule has 0 aromatic carbocycles. The predicted octanol–water partition coefficient (Wildman–Crippen LogP) is 6.43. The minimum absolute atomic E-state index is 0.0169. The Balaban J connectivity index is 1.44. The third kappa shape index (κ3) is 2.45. The van der Waals surface area contributed by atoms with Crippen LogP contribution >= 0.6 is 0 Å². The summed E-state index contributed by atoms with van der Waals surface area (Å²) >= 11 is 0. The Kier molecular flexibility index (Phi) is 4.37. The van der Waals surface area contributed by atoms with Crippen LogP contribution in [0, 0.1) is 50.2 Å². The Labute approximate surface area is 205 Å². The first-order valence-electron chi connectivity index (χ1n) is 13.8. The van der Waals surface area contributed by atoms with E-state index < -0.39 is 11.4 Å². The van der Waals surface area contributed by atoms with E-state index in [-0.39, 0.29) is 39.3 Å². The topological polar surface area (TPSA) is 66.9 Å². The molecular weight excluding hydrogens is 424 g/mol. The van der Waals surface area contributed by atoms with Gasteiger partial charge < -0.3 is 9.84 Å². The fraction of sp³-hybridized carbons (Fsp3) is 0.867. The smallest absolute Gasteiger partial charge is 0.309 e. The van der Waals surface area contributed by atoms with Gasteiger partial charge in [-0.25, -0.2) is 0 Å². The number of ether oxygens (including phenoxy) is 1. The van der Waals surface area contributed by atoms with E-state index in [0.717, 1.165) is 38.5 Å². The minimum atomic E-state index is -0.624. The molecule has 5 fully saturated rings. The molecule has 4 saturated carbocycles. The van der Waals surface area contributed by atoms with E-state index in [2.05, 4.69) is 47.6 Å². The molecule has 34 heavy (non-hydrogen) atoms. The van der Waals surface area contributed by atoms with Gasteiger partial charge in [-0.3, -0.25) is 9.59 Å². The molecular formula is C30H44O4. The number of hydrogen-bond donors (Lipinski definition) is 1. The number of epoxide rings is 1. The molecule has 10 atom stereocenters. The fourth-order valence-corrected chi connectivity index (χ4v) is 10.7. The highest BCUT2D eigenvalue weighted by Crippen LogP contribution is 2.77. The van der Waals surface area contributed by atoms with Crippen molar-refractivity contribution in [3.63, 3.8) is 0 Å². The highest BCUT2D eigenvalue weighted by Gasteiger charge is 2.76. The molecule has 0 bridgehead atoms. The first-order chi connectivity index (χ1) is 15.7. The lowest BCUT2D eigenvalue weighted by Gasteiger charge is -2.70. The zero-order valence-corrected chi connectivity index (χ0v) is 22.3. The van der Waals surface area contributed by atoms with Gasteiger partial charge in [-0.1, -0.05) is 53.2 Å². The van der Waals surface area contributed by atoms with E-state index in [1.54, 1.807) is 5.57 Å². The lowest BCUT2D eigenvalue weighted by molar-refractivity contribution is -0.182. The first kappa shape index (κ1) is 23.3. The van der Waals surface area contributed by atoms with Crippen LogP contribution in [0.2, 0.25) is 0 Å². The molecule has 4 heteroatoms. The molecule has 6 aliphatic rings. The molecule has 0 aromatic heterocycles. The number of rotatable bonds is 1. The van der Waals surface area contributed by atoms with Crippen molar-refractivity contribution in [3.05, 3.63) is 11.6 Å². The van der Waals surface area contributed by atoms with E-state index in [4.69, 9.17) is 4.74 Å². The van der Waals surface area contributed by atoms with E-state index in [1.807, 2.05) is 6.92 Å². The summed E-state index contributed by atoms with van der Waals surface area (Å²) in [6.45, 7) is 16.3. The molecule has 5 aliphatic carbocycles. The zero-order valence-electron chi connectivity index (χ0n) is 22.3. The molecule has 0 radical (unpaired) electrons. The van der Waals surface area contributed by atoms with Gasteiger partial charge in [0.1, 0.15) is 6.10 Å². The molecule has 6 rings (SSSR count). The van der Waals surface area contributed by atoms with E-state index in [0.29, 0.717) is 23.5 Å². The highest BCUT2D eigenvalue weighted by molar-refractivity contribution is 5.92. The minimum Gasteiger partial charge on any atom is -0.481 e. The van der Waals surface area contributed by atoms with Gasteiger partial charge in [-0.15, -0.1) is 0 Å². The van der Waals surface area contributed by atoms with Crippen LogP contribution in [0.15, 0.2) is 11.6 Å². The second-order valence-electron chi connectivity index (χ2n) is 15.0. The number of carboxylic acids is 1. The van der Waals surface area contributed by atoms with Gasteiger partial charge in [0.15, 0.2) is 5.78 Å². The number of carboxylic acid groups (broad SMARTS) is 1. The maximum absolute atomic E-state index is 13.1. The van der Waals surface area contributed by atoms with Gasteiger partial charge in [0.2, 0.25) is 0 Å². The third-order valence-electron chi connectivity index (χ3n) is 13.4. The molecule has 0 spiro atoms. The summed E-state index contributed by atoms with van der Waals surface area (Å²) in [7, 11) is 0. The SMILES string of the molecule is CC1(C)C(=O)[C@@H]2O[C@@H]2[C@@]2(C)C1CC[C@]1(C)C2CC=C2C3C[C@@](C)(C(=O)O)CC[C@]3(C)CC[C@]21C. The molecule has 1 saturated heterocycles. The van der Waals surface area contributed by atoms with Crippen molar-refractivity contribution in [3.8, 4) is 0 Å². The maximum Gasteiger partial charge on any atom is 0.309 e. The number of fused-ring (bicyclic) bond motifs is 9. The van der Waals surface area contributed by atoms with Crippen molar-refractivity contribution >= 4 is 11.8 Å². The summed E-state index contributed by atoms with van der Waals surface area (Å²) < 4.78 is 6.18. The number of carbonyl (C=O) groups excluding carboxylic acids is 1. The summed E-state index contributed by atoms with van der Waals surface area (Å²) in [6.07, 6.45) is 10.7. The molecule has 188 valence electrons. The summed E-state index contributed by atoms with van der Waals surface area (Å²) in [5.74, 6) is 0.922. The van der Waals surface area contributed by atoms with E-state index in [9.17, 15) is 14.7 Å². The Bertz CT molecular complexity index is 1010. The molecule has 4 nitrogen and oxygen atoms in total. The van der Waals surface area contributed by atoms with Gasteiger partial charge in [-0.05, 0) is 92.3 Å². The summed E-state index contributed by atoms with van der Waals surface area (Å²) in [5.41, 5.74) is 1.10. The zero-order chi connectivity index (χ0) is 24.7. The monoisotopic (exact) mass is 468 g/mol. The molecule has 0 amide bonds. The largest absolute Gasteiger partial charge is 0.481 e. The van der Waals surface area contributed by atoms with Crippen LogP contribution in [0.25, 0.3) is 0 Å². The quantitative estimate of drug-likeness (QED) is 0.356. The lowest BCUT2D eigenvalue weighted by atomic mass is 9.33. The molecule has 0 aromatic rings. The number of aliphatic carboxylic acids is 1. The van der Waals surface area contributed by atoms with Crippen LogP contribution in [0.5, 0.6) is 0 Å². The van der Waals surface area contributed by atoms with Gasteiger partial charge >= 0.3 is 5.97 Å². The Hall–Kier alpha value is -1.16. The average Bonchev–Trinajstić information content (AvgIpc) is 3.56. The van der Waals surface area contributed by atoms with Crippen LogP contribution in [-0.4, -0.2) is 29.1 Å². The number of ketones is 1. The second kappa shape index (κ2) is 6.39. The molecule has 1 heterocycles. The van der Waals surface area contributed by atoms with Crippen molar-refractivity contribution in [1.82, 2.24) is 0 Å². The molecule has 3 unspecified atom stereocenters. The predicted molar refractivity (Wildman–Crippen MR) is 131 cm³/mol. The van der Waals surface area contributed by atoms with Crippen LogP contribution in [0.1, 0.15) is 99.8 Å². The van der Waals surface area contributed by atoms with Gasteiger partial charge in [0.25, 0.3) is 0 Å². The number of hydrogen-bond acceptors (Lipinski definition) is 3.